The zero-order valence-corrected chi connectivity index (χ0v) is 9.79. The topological polar surface area (TPSA) is 58.7 Å². The molecular formula is C11H19NO3. The summed E-state index contributed by atoms with van der Waals surface area (Å²) in [7, 11) is 0. The van der Waals surface area contributed by atoms with Crippen molar-refractivity contribution in [2.75, 3.05) is 6.61 Å². The van der Waals surface area contributed by atoms with E-state index in [0.29, 0.717) is 18.9 Å². The molecule has 0 spiro atoms. The van der Waals surface area contributed by atoms with Crippen molar-refractivity contribution >= 4 is 11.7 Å². The molecule has 1 aliphatic rings. The number of ketones is 1. The van der Waals surface area contributed by atoms with Crippen LogP contribution in [0.3, 0.4) is 0 Å². The van der Waals surface area contributed by atoms with Crippen molar-refractivity contribution in [2.45, 2.75) is 45.8 Å². The molecule has 1 N–H and O–H groups in total. The van der Waals surface area contributed by atoms with E-state index in [1.54, 1.807) is 6.92 Å². The molecule has 1 amide bonds. The number of epoxide rings is 1. The minimum absolute atomic E-state index is 0.00796. The lowest BCUT2D eigenvalue weighted by Crippen LogP contribution is -2.46. The standard InChI is InChI=1S/C11H19NO3/c1-7(2)5-9(12-8(3)13)10(14)11(4)6-15-11/h7,9H,5-6H2,1-4H3,(H,12,13)/t9-,11+/m0/s1. The van der Waals surface area contributed by atoms with Crippen molar-refractivity contribution < 1.29 is 14.3 Å². The average molecular weight is 213 g/mol. The van der Waals surface area contributed by atoms with Gasteiger partial charge in [-0.2, -0.15) is 0 Å². The van der Waals surface area contributed by atoms with Gasteiger partial charge in [-0.3, -0.25) is 9.59 Å². The molecule has 0 aromatic carbocycles. The predicted octanol–water partition coefficient (Wildman–Crippen LogP) is 0.895. The highest BCUT2D eigenvalue weighted by molar-refractivity contribution is 5.96. The Labute approximate surface area is 90.4 Å². The van der Waals surface area contributed by atoms with Crippen LogP contribution >= 0.6 is 0 Å². The fraction of sp³-hybridized carbons (Fsp3) is 0.818. The van der Waals surface area contributed by atoms with Crippen molar-refractivity contribution in [1.29, 1.82) is 0 Å². The minimum atomic E-state index is -0.651. The molecule has 86 valence electrons. The number of nitrogens with one attached hydrogen (secondary N) is 1. The molecule has 1 heterocycles. The molecule has 0 saturated carbocycles. The Bertz CT molecular complexity index is 269. The van der Waals surface area contributed by atoms with Gasteiger partial charge in [-0.1, -0.05) is 13.8 Å². The van der Waals surface area contributed by atoms with Crippen LogP contribution in [0.25, 0.3) is 0 Å². The first-order valence-corrected chi connectivity index (χ1v) is 5.30. The maximum Gasteiger partial charge on any atom is 0.217 e. The quantitative estimate of drug-likeness (QED) is 0.690. The molecule has 0 unspecified atom stereocenters. The van der Waals surface area contributed by atoms with Gasteiger partial charge in [-0.15, -0.1) is 0 Å². The summed E-state index contributed by atoms with van der Waals surface area (Å²) >= 11 is 0. The smallest absolute Gasteiger partial charge is 0.217 e. The van der Waals surface area contributed by atoms with Crippen LogP contribution in [0.15, 0.2) is 0 Å². The summed E-state index contributed by atoms with van der Waals surface area (Å²) in [6, 6.07) is -0.407. The van der Waals surface area contributed by atoms with Gasteiger partial charge < -0.3 is 10.1 Å². The molecule has 1 aliphatic heterocycles. The van der Waals surface area contributed by atoms with E-state index in [-0.39, 0.29) is 11.7 Å². The summed E-state index contributed by atoms with van der Waals surface area (Å²) in [5, 5.41) is 2.69. The number of ether oxygens (including phenoxy) is 1. The second kappa shape index (κ2) is 4.31. The summed E-state index contributed by atoms with van der Waals surface area (Å²) in [5.41, 5.74) is -0.651. The van der Waals surface area contributed by atoms with Crippen LogP contribution in [0.5, 0.6) is 0 Å². The SMILES string of the molecule is CC(=O)N[C@@H](CC(C)C)C(=O)[C@@]1(C)CO1. The third-order valence-electron chi connectivity index (χ3n) is 2.50. The molecule has 1 saturated heterocycles. The van der Waals surface area contributed by atoms with Gasteiger partial charge in [0, 0.05) is 6.92 Å². The van der Waals surface area contributed by atoms with E-state index in [4.69, 9.17) is 4.74 Å². The Kier molecular flexibility index (Phi) is 3.50. The lowest BCUT2D eigenvalue weighted by atomic mass is 9.93. The van der Waals surface area contributed by atoms with Gasteiger partial charge in [-0.05, 0) is 19.3 Å². The normalized spacial score (nSPS) is 26.2. The highest BCUT2D eigenvalue weighted by atomic mass is 16.6. The molecule has 15 heavy (non-hydrogen) atoms. The number of amides is 1. The molecule has 0 aromatic rings. The fourth-order valence-electron chi connectivity index (χ4n) is 1.57. The molecule has 1 fully saturated rings. The molecule has 0 radical (unpaired) electrons. The van der Waals surface area contributed by atoms with E-state index in [1.807, 2.05) is 13.8 Å². The van der Waals surface area contributed by atoms with Crippen molar-refractivity contribution in [3.8, 4) is 0 Å². The minimum Gasteiger partial charge on any atom is -0.361 e. The van der Waals surface area contributed by atoms with Gasteiger partial charge in [0.2, 0.25) is 5.91 Å². The van der Waals surface area contributed by atoms with E-state index in [0.717, 1.165) is 0 Å². The molecule has 4 nitrogen and oxygen atoms in total. The zero-order valence-electron chi connectivity index (χ0n) is 9.79. The first-order valence-electron chi connectivity index (χ1n) is 5.30. The monoisotopic (exact) mass is 213 g/mol. The van der Waals surface area contributed by atoms with Crippen LogP contribution in [0.1, 0.15) is 34.1 Å². The Hall–Kier alpha value is -0.900. The number of Topliss-reactive ketones (excluding diaryl/α,β-unsaturated/α-hetero) is 1. The Morgan fingerprint density at radius 3 is 2.33 bits per heavy atom. The van der Waals surface area contributed by atoms with Gasteiger partial charge >= 0.3 is 0 Å². The maximum atomic E-state index is 12.0. The maximum absolute atomic E-state index is 12.0. The molecule has 0 bridgehead atoms. The highest BCUT2D eigenvalue weighted by Crippen LogP contribution is 2.29. The molecule has 2 atom stereocenters. The summed E-state index contributed by atoms with van der Waals surface area (Å²) in [6.07, 6.45) is 0.664. The summed E-state index contributed by atoms with van der Waals surface area (Å²) in [6.45, 7) is 7.72. The van der Waals surface area contributed by atoms with Gasteiger partial charge in [0.15, 0.2) is 5.78 Å². The van der Waals surface area contributed by atoms with Crippen molar-refractivity contribution in [3.63, 3.8) is 0 Å². The van der Waals surface area contributed by atoms with Gasteiger partial charge in [0.1, 0.15) is 5.60 Å². The van der Waals surface area contributed by atoms with E-state index in [9.17, 15) is 9.59 Å². The van der Waals surface area contributed by atoms with Crippen LogP contribution in [0, 0.1) is 5.92 Å². The van der Waals surface area contributed by atoms with Crippen LogP contribution in [-0.2, 0) is 14.3 Å². The fourth-order valence-corrected chi connectivity index (χ4v) is 1.57. The van der Waals surface area contributed by atoms with Gasteiger partial charge in [0.05, 0.1) is 12.6 Å². The number of hydrogen-bond donors (Lipinski definition) is 1. The number of rotatable bonds is 5. The van der Waals surface area contributed by atoms with Crippen molar-refractivity contribution in [1.82, 2.24) is 5.32 Å². The van der Waals surface area contributed by atoms with Crippen LogP contribution < -0.4 is 5.32 Å². The number of carbonyl (C=O) groups is 2. The first-order chi connectivity index (χ1) is 6.85. The first kappa shape index (κ1) is 12.2. The second-order valence-corrected chi connectivity index (χ2v) is 4.77. The predicted molar refractivity (Wildman–Crippen MR) is 56.4 cm³/mol. The molecule has 0 aliphatic carbocycles. The van der Waals surface area contributed by atoms with Crippen LogP contribution in [0.4, 0.5) is 0 Å². The van der Waals surface area contributed by atoms with Crippen molar-refractivity contribution in [2.24, 2.45) is 5.92 Å². The largest absolute Gasteiger partial charge is 0.361 e. The summed E-state index contributed by atoms with van der Waals surface area (Å²) in [5.74, 6) is 0.192. The Morgan fingerprint density at radius 2 is 2.00 bits per heavy atom. The van der Waals surface area contributed by atoms with Crippen LogP contribution in [-0.4, -0.2) is 29.9 Å². The lowest BCUT2D eigenvalue weighted by molar-refractivity contribution is -0.130. The lowest BCUT2D eigenvalue weighted by Gasteiger charge is -2.20. The van der Waals surface area contributed by atoms with E-state index in [1.165, 1.54) is 6.92 Å². The number of carbonyl (C=O) groups excluding carboxylic acids is 2. The summed E-state index contributed by atoms with van der Waals surface area (Å²) in [4.78, 5) is 22.9. The Morgan fingerprint density at radius 1 is 1.47 bits per heavy atom. The van der Waals surface area contributed by atoms with Crippen LogP contribution in [0.2, 0.25) is 0 Å². The second-order valence-electron chi connectivity index (χ2n) is 4.77. The van der Waals surface area contributed by atoms with E-state index in [2.05, 4.69) is 5.32 Å². The third-order valence-corrected chi connectivity index (χ3v) is 2.50. The molecular weight excluding hydrogens is 194 g/mol. The van der Waals surface area contributed by atoms with E-state index < -0.39 is 11.6 Å². The molecule has 4 heteroatoms. The van der Waals surface area contributed by atoms with Crippen molar-refractivity contribution in [3.05, 3.63) is 0 Å². The Balaban J connectivity index is 2.62. The van der Waals surface area contributed by atoms with Gasteiger partial charge in [-0.25, -0.2) is 0 Å². The zero-order chi connectivity index (χ0) is 11.6. The highest BCUT2D eigenvalue weighted by Gasteiger charge is 2.49. The van der Waals surface area contributed by atoms with Gasteiger partial charge in [0.25, 0.3) is 0 Å². The average Bonchev–Trinajstić information content (AvgIpc) is 2.81. The number of hydrogen-bond acceptors (Lipinski definition) is 3. The third kappa shape index (κ3) is 3.30. The molecule has 1 rings (SSSR count). The van der Waals surface area contributed by atoms with E-state index >= 15 is 0 Å². The summed E-state index contributed by atoms with van der Waals surface area (Å²) < 4.78 is 5.10. The molecule has 0 aromatic heterocycles.